The molecule has 0 spiro atoms. The number of nitrogens with zero attached hydrogens (tertiary/aromatic N) is 3. The Morgan fingerprint density at radius 2 is 2.27 bits per heavy atom. The van der Waals surface area contributed by atoms with Crippen molar-refractivity contribution in [3.63, 3.8) is 0 Å². The molecule has 0 bridgehead atoms. The molecule has 1 aromatic rings. The summed E-state index contributed by atoms with van der Waals surface area (Å²) in [5.41, 5.74) is 0. The quantitative estimate of drug-likeness (QED) is 0.678. The fraction of sp³-hybridized carbons (Fsp3) is 0.714. The Morgan fingerprint density at radius 3 is 2.73 bits per heavy atom. The van der Waals surface area contributed by atoms with E-state index in [1.807, 2.05) is 14.0 Å². The number of hydrogen-bond acceptors (Lipinski definition) is 3. The van der Waals surface area contributed by atoms with E-state index in [4.69, 9.17) is 0 Å². The first-order valence-corrected chi connectivity index (χ1v) is 3.90. The van der Waals surface area contributed by atoms with E-state index in [2.05, 4.69) is 15.4 Å². The van der Waals surface area contributed by atoms with Gasteiger partial charge in [0, 0.05) is 13.1 Å². The second-order valence-electron chi connectivity index (χ2n) is 3.02. The Kier molecular flexibility index (Phi) is 1.34. The maximum Gasteiger partial charge on any atom is 0.221 e. The number of anilines is 1. The molecular weight excluding hydrogens is 140 g/mol. The maximum atomic E-state index is 4.23. The summed E-state index contributed by atoms with van der Waals surface area (Å²) >= 11 is 0. The van der Waals surface area contributed by atoms with Crippen LogP contribution in [0.3, 0.4) is 0 Å². The van der Waals surface area contributed by atoms with Crippen LogP contribution in [0.5, 0.6) is 0 Å². The molecule has 0 atom stereocenters. The second-order valence-corrected chi connectivity index (χ2v) is 3.02. The van der Waals surface area contributed by atoms with Crippen LogP contribution in [0.2, 0.25) is 0 Å². The molecule has 11 heavy (non-hydrogen) atoms. The molecule has 4 nitrogen and oxygen atoms in total. The zero-order chi connectivity index (χ0) is 7.84. The molecule has 60 valence electrons. The SMILES string of the molecule is Cc1nc(NC2CC2)n(C)n1. The average Bonchev–Trinajstić information content (AvgIpc) is 2.64. The maximum absolute atomic E-state index is 4.23. The Hall–Kier alpha value is -1.06. The van der Waals surface area contributed by atoms with Gasteiger partial charge in [-0.2, -0.15) is 10.1 Å². The summed E-state index contributed by atoms with van der Waals surface area (Å²) in [5.74, 6) is 1.72. The Bertz CT molecular complexity index is 261. The molecule has 0 unspecified atom stereocenters. The summed E-state index contributed by atoms with van der Waals surface area (Å²) in [7, 11) is 1.91. The van der Waals surface area contributed by atoms with Crippen LogP contribution in [0.1, 0.15) is 18.7 Å². The van der Waals surface area contributed by atoms with E-state index in [0.29, 0.717) is 6.04 Å². The molecule has 1 fully saturated rings. The minimum absolute atomic E-state index is 0.650. The van der Waals surface area contributed by atoms with Crippen LogP contribution >= 0.6 is 0 Å². The summed E-state index contributed by atoms with van der Waals surface area (Å²) in [5, 5.41) is 7.43. The molecule has 0 saturated heterocycles. The van der Waals surface area contributed by atoms with Crippen molar-refractivity contribution in [2.24, 2.45) is 7.05 Å². The van der Waals surface area contributed by atoms with Crippen molar-refractivity contribution in [2.45, 2.75) is 25.8 Å². The number of nitrogens with one attached hydrogen (secondary N) is 1. The first-order valence-electron chi connectivity index (χ1n) is 3.90. The van der Waals surface area contributed by atoms with Gasteiger partial charge in [-0.1, -0.05) is 0 Å². The van der Waals surface area contributed by atoms with E-state index in [0.717, 1.165) is 11.8 Å². The summed E-state index contributed by atoms with van der Waals surface area (Å²) in [4.78, 5) is 4.23. The number of hydrogen-bond donors (Lipinski definition) is 1. The zero-order valence-electron chi connectivity index (χ0n) is 6.83. The molecule has 1 heterocycles. The molecule has 0 amide bonds. The molecule has 1 aliphatic carbocycles. The van der Waals surface area contributed by atoms with Gasteiger partial charge in [0.25, 0.3) is 0 Å². The fourth-order valence-corrected chi connectivity index (χ4v) is 1.05. The first kappa shape index (κ1) is 6.64. The smallest absolute Gasteiger partial charge is 0.221 e. The third-order valence-electron chi connectivity index (χ3n) is 1.78. The van der Waals surface area contributed by atoms with E-state index in [1.165, 1.54) is 12.8 Å². The molecule has 1 aliphatic rings. The normalized spacial score (nSPS) is 16.9. The van der Waals surface area contributed by atoms with Gasteiger partial charge < -0.3 is 5.32 Å². The zero-order valence-corrected chi connectivity index (χ0v) is 6.83. The summed E-state index contributed by atoms with van der Waals surface area (Å²) < 4.78 is 1.79. The summed E-state index contributed by atoms with van der Waals surface area (Å²) in [6.45, 7) is 1.90. The largest absolute Gasteiger partial charge is 0.352 e. The highest BCUT2D eigenvalue weighted by molar-refractivity contribution is 5.28. The Labute approximate surface area is 65.6 Å². The van der Waals surface area contributed by atoms with Crippen LogP contribution in [0.15, 0.2) is 0 Å². The molecular formula is C7H12N4. The molecule has 1 saturated carbocycles. The predicted octanol–water partition coefficient (Wildman–Crippen LogP) is 0.698. The third kappa shape index (κ3) is 1.34. The van der Waals surface area contributed by atoms with E-state index < -0.39 is 0 Å². The van der Waals surface area contributed by atoms with Crippen molar-refractivity contribution in [3.8, 4) is 0 Å². The van der Waals surface area contributed by atoms with Crippen molar-refractivity contribution < 1.29 is 0 Å². The lowest BCUT2D eigenvalue weighted by molar-refractivity contribution is 0.757. The molecule has 0 aliphatic heterocycles. The molecule has 2 rings (SSSR count). The second kappa shape index (κ2) is 2.22. The van der Waals surface area contributed by atoms with Gasteiger partial charge in [0.15, 0.2) is 0 Å². The van der Waals surface area contributed by atoms with E-state index in [9.17, 15) is 0 Å². The van der Waals surface area contributed by atoms with Crippen LogP contribution < -0.4 is 5.32 Å². The van der Waals surface area contributed by atoms with Crippen LogP contribution in [-0.2, 0) is 7.05 Å². The van der Waals surface area contributed by atoms with Gasteiger partial charge in [0.05, 0.1) is 0 Å². The third-order valence-corrected chi connectivity index (χ3v) is 1.78. The van der Waals surface area contributed by atoms with Crippen molar-refractivity contribution in [1.29, 1.82) is 0 Å². The van der Waals surface area contributed by atoms with Gasteiger partial charge in [0.2, 0.25) is 5.95 Å². The topological polar surface area (TPSA) is 42.7 Å². The van der Waals surface area contributed by atoms with Crippen LogP contribution in [0.25, 0.3) is 0 Å². The van der Waals surface area contributed by atoms with Crippen LogP contribution in [0.4, 0.5) is 5.95 Å². The lowest BCUT2D eigenvalue weighted by atomic mass is 10.7. The number of rotatable bonds is 2. The van der Waals surface area contributed by atoms with Gasteiger partial charge in [-0.25, -0.2) is 4.68 Å². The Morgan fingerprint density at radius 1 is 1.55 bits per heavy atom. The summed E-state index contributed by atoms with van der Waals surface area (Å²) in [6, 6.07) is 0.650. The molecule has 1 aromatic heterocycles. The molecule has 0 aromatic carbocycles. The highest BCUT2D eigenvalue weighted by atomic mass is 15.4. The molecule has 4 heteroatoms. The highest BCUT2D eigenvalue weighted by Gasteiger charge is 2.22. The van der Waals surface area contributed by atoms with Gasteiger partial charge in [-0.15, -0.1) is 0 Å². The van der Waals surface area contributed by atoms with Gasteiger partial charge in [0.1, 0.15) is 5.82 Å². The van der Waals surface area contributed by atoms with Crippen molar-refractivity contribution >= 4 is 5.95 Å². The van der Waals surface area contributed by atoms with Crippen LogP contribution in [-0.4, -0.2) is 20.8 Å². The standard InChI is InChI=1S/C7H12N4/c1-5-8-7(11(2)10-5)9-6-3-4-6/h6H,3-4H2,1-2H3,(H,8,9,10). The number of aryl methyl sites for hydroxylation is 2. The Balaban J connectivity index is 2.14. The van der Waals surface area contributed by atoms with Gasteiger partial charge >= 0.3 is 0 Å². The first-order chi connectivity index (χ1) is 5.25. The molecule has 0 radical (unpaired) electrons. The van der Waals surface area contributed by atoms with Crippen molar-refractivity contribution in [3.05, 3.63) is 5.82 Å². The van der Waals surface area contributed by atoms with E-state index >= 15 is 0 Å². The minimum atomic E-state index is 0.650. The molecule has 1 N–H and O–H groups in total. The van der Waals surface area contributed by atoms with Gasteiger partial charge in [-0.05, 0) is 19.8 Å². The lowest BCUT2D eigenvalue weighted by Crippen LogP contribution is -2.07. The number of aromatic nitrogens is 3. The minimum Gasteiger partial charge on any atom is -0.352 e. The van der Waals surface area contributed by atoms with Crippen LogP contribution in [0, 0.1) is 6.92 Å². The monoisotopic (exact) mass is 152 g/mol. The summed E-state index contributed by atoms with van der Waals surface area (Å²) in [6.07, 6.45) is 2.54. The van der Waals surface area contributed by atoms with E-state index in [-0.39, 0.29) is 0 Å². The van der Waals surface area contributed by atoms with Gasteiger partial charge in [-0.3, -0.25) is 0 Å². The highest BCUT2D eigenvalue weighted by Crippen LogP contribution is 2.23. The van der Waals surface area contributed by atoms with E-state index in [1.54, 1.807) is 4.68 Å². The van der Waals surface area contributed by atoms with Crippen molar-refractivity contribution in [2.75, 3.05) is 5.32 Å². The fourth-order valence-electron chi connectivity index (χ4n) is 1.05. The van der Waals surface area contributed by atoms with Crippen molar-refractivity contribution in [1.82, 2.24) is 14.8 Å². The predicted molar refractivity (Wildman–Crippen MR) is 42.4 cm³/mol. The average molecular weight is 152 g/mol. The lowest BCUT2D eigenvalue weighted by Gasteiger charge is -1.99.